The highest BCUT2D eigenvalue weighted by molar-refractivity contribution is 5.31. The van der Waals surface area contributed by atoms with E-state index in [1.54, 1.807) is 0 Å². The van der Waals surface area contributed by atoms with Crippen molar-refractivity contribution in [1.82, 2.24) is 0 Å². The Morgan fingerprint density at radius 1 is 1.00 bits per heavy atom. The largest absolute Gasteiger partial charge is 0.490 e. The van der Waals surface area contributed by atoms with Gasteiger partial charge in [-0.2, -0.15) is 17.6 Å². The first-order chi connectivity index (χ1) is 12.5. The van der Waals surface area contributed by atoms with Gasteiger partial charge >= 0.3 is 6.18 Å². The van der Waals surface area contributed by atoms with Gasteiger partial charge in [-0.3, -0.25) is 0 Å². The first-order valence-electron chi connectivity index (χ1n) is 8.73. The predicted octanol–water partition coefficient (Wildman–Crippen LogP) is 6.00. The minimum absolute atomic E-state index is 0.0993. The van der Waals surface area contributed by atoms with Crippen molar-refractivity contribution < 1.29 is 35.8 Å². The zero-order valence-corrected chi connectivity index (χ0v) is 14.8. The average Bonchev–Trinajstić information content (AvgIpc) is 2.59. The van der Waals surface area contributed by atoms with E-state index in [0.29, 0.717) is 25.7 Å². The lowest BCUT2D eigenvalue weighted by atomic mass is 9.63. The molecule has 2 bridgehead atoms. The van der Waals surface area contributed by atoms with Crippen LogP contribution in [0.2, 0.25) is 0 Å². The van der Waals surface area contributed by atoms with Crippen LogP contribution < -0.4 is 4.74 Å². The number of ether oxygens (including phenoxy) is 2. The standard InChI is InChI=1S/C19H20F6O2/c1-17-4-6-18(7-5-17,10-14(17)20)27-11-12-2-3-13(16(22)15(12)21)26-9-8-19(23,24)25/h2-3,10H,4-9,11H2,1H3. The molecule has 0 atom stereocenters. The molecule has 27 heavy (non-hydrogen) atoms. The van der Waals surface area contributed by atoms with E-state index >= 15 is 0 Å². The van der Waals surface area contributed by atoms with Gasteiger partial charge in [-0.15, -0.1) is 0 Å². The zero-order valence-electron chi connectivity index (χ0n) is 14.8. The van der Waals surface area contributed by atoms with Crippen molar-refractivity contribution in [3.63, 3.8) is 0 Å². The Kier molecular flexibility index (Phi) is 5.22. The topological polar surface area (TPSA) is 18.5 Å². The van der Waals surface area contributed by atoms with Crippen molar-refractivity contribution in [1.29, 1.82) is 0 Å². The summed E-state index contributed by atoms with van der Waals surface area (Å²) >= 11 is 0. The Balaban J connectivity index is 1.65. The maximum absolute atomic E-state index is 14.2. The van der Waals surface area contributed by atoms with Gasteiger partial charge in [-0.1, -0.05) is 6.92 Å². The molecule has 4 rings (SSSR count). The average molecular weight is 394 g/mol. The normalized spacial score (nSPS) is 27.6. The molecule has 0 spiro atoms. The Bertz CT molecular complexity index is 732. The van der Waals surface area contributed by atoms with Gasteiger partial charge in [0.25, 0.3) is 0 Å². The smallest absolute Gasteiger partial charge is 0.392 e. The van der Waals surface area contributed by atoms with E-state index < -0.39 is 47.6 Å². The molecule has 2 nitrogen and oxygen atoms in total. The molecule has 150 valence electrons. The molecule has 1 fully saturated rings. The molecule has 3 aliphatic carbocycles. The third-order valence-electron chi connectivity index (χ3n) is 5.45. The van der Waals surface area contributed by atoms with Crippen LogP contribution in [-0.4, -0.2) is 18.4 Å². The van der Waals surface area contributed by atoms with Gasteiger partial charge in [-0.05, 0) is 43.9 Å². The molecule has 0 radical (unpaired) electrons. The van der Waals surface area contributed by atoms with Gasteiger partial charge in [-0.25, -0.2) is 8.78 Å². The van der Waals surface area contributed by atoms with Crippen LogP contribution in [0.4, 0.5) is 26.3 Å². The predicted molar refractivity (Wildman–Crippen MR) is 85.8 cm³/mol. The summed E-state index contributed by atoms with van der Waals surface area (Å²) < 4.78 is 89.2. The van der Waals surface area contributed by atoms with Crippen molar-refractivity contribution in [3.05, 3.63) is 41.2 Å². The Morgan fingerprint density at radius 3 is 2.26 bits per heavy atom. The van der Waals surface area contributed by atoms with Gasteiger partial charge in [0.1, 0.15) is 5.83 Å². The number of benzene rings is 1. The molecule has 3 aliphatic rings. The molecule has 8 heteroatoms. The summed E-state index contributed by atoms with van der Waals surface area (Å²) in [5.41, 5.74) is -1.39. The molecular weight excluding hydrogens is 374 g/mol. The minimum Gasteiger partial charge on any atom is -0.490 e. The van der Waals surface area contributed by atoms with Gasteiger partial charge in [0.2, 0.25) is 5.82 Å². The monoisotopic (exact) mass is 394 g/mol. The molecule has 0 aromatic heterocycles. The Hall–Kier alpha value is -1.70. The van der Waals surface area contributed by atoms with Crippen LogP contribution in [0.1, 0.15) is 44.6 Å². The van der Waals surface area contributed by atoms with E-state index in [2.05, 4.69) is 4.74 Å². The lowest BCUT2D eigenvalue weighted by Gasteiger charge is -2.48. The van der Waals surface area contributed by atoms with Crippen molar-refractivity contribution in [2.75, 3.05) is 6.61 Å². The van der Waals surface area contributed by atoms with E-state index in [4.69, 9.17) is 4.74 Å². The lowest BCUT2D eigenvalue weighted by Crippen LogP contribution is -2.44. The van der Waals surface area contributed by atoms with Crippen LogP contribution in [0.5, 0.6) is 5.75 Å². The van der Waals surface area contributed by atoms with Gasteiger partial charge < -0.3 is 9.47 Å². The summed E-state index contributed by atoms with van der Waals surface area (Å²) in [6, 6.07) is 2.27. The maximum atomic E-state index is 14.2. The summed E-state index contributed by atoms with van der Waals surface area (Å²) in [6.45, 7) is 0.780. The highest BCUT2D eigenvalue weighted by Crippen LogP contribution is 2.53. The molecule has 0 unspecified atom stereocenters. The summed E-state index contributed by atoms with van der Waals surface area (Å²) in [5, 5.41) is 0. The van der Waals surface area contributed by atoms with Crippen LogP contribution in [0.25, 0.3) is 0 Å². The second-order valence-electron chi connectivity index (χ2n) is 7.47. The first-order valence-corrected chi connectivity index (χ1v) is 8.73. The van der Waals surface area contributed by atoms with Crippen molar-refractivity contribution in [2.45, 2.75) is 57.4 Å². The minimum atomic E-state index is -4.44. The van der Waals surface area contributed by atoms with Gasteiger partial charge in [0.15, 0.2) is 11.6 Å². The maximum Gasteiger partial charge on any atom is 0.392 e. The van der Waals surface area contributed by atoms with Crippen molar-refractivity contribution >= 4 is 0 Å². The van der Waals surface area contributed by atoms with Gasteiger partial charge in [0, 0.05) is 11.0 Å². The molecule has 1 aromatic rings. The fourth-order valence-corrected chi connectivity index (χ4v) is 3.49. The van der Waals surface area contributed by atoms with Gasteiger partial charge in [0.05, 0.1) is 25.2 Å². The van der Waals surface area contributed by atoms with Crippen LogP contribution in [-0.2, 0) is 11.3 Å². The van der Waals surface area contributed by atoms with Crippen molar-refractivity contribution in [2.24, 2.45) is 5.41 Å². The van der Waals surface area contributed by atoms with E-state index in [1.165, 1.54) is 12.1 Å². The fraction of sp³-hybridized carbons (Fsp3) is 0.579. The number of hydrogen-bond acceptors (Lipinski definition) is 2. The van der Waals surface area contributed by atoms with E-state index in [9.17, 15) is 26.3 Å². The van der Waals surface area contributed by atoms with E-state index in [-0.39, 0.29) is 18.0 Å². The molecule has 1 saturated carbocycles. The third kappa shape index (κ3) is 4.25. The molecular formula is C19H20F6O2. The van der Waals surface area contributed by atoms with E-state index in [0.717, 1.165) is 6.07 Å². The SMILES string of the molecule is CC12CCC(OCc3ccc(OCCC(F)(F)F)c(F)c3F)(C=C1F)CC2. The number of hydrogen-bond donors (Lipinski definition) is 0. The molecule has 1 aromatic carbocycles. The van der Waals surface area contributed by atoms with Crippen LogP contribution in [0.3, 0.4) is 0 Å². The van der Waals surface area contributed by atoms with Crippen LogP contribution in [0.15, 0.2) is 24.0 Å². The number of halogens is 6. The number of fused-ring (bicyclic) bond motifs is 2. The van der Waals surface area contributed by atoms with E-state index in [1.807, 2.05) is 6.92 Å². The Labute approximate surface area is 153 Å². The summed E-state index contributed by atoms with van der Waals surface area (Å²) in [4.78, 5) is 0. The first kappa shape index (κ1) is 20.0. The summed E-state index contributed by atoms with van der Waals surface area (Å²) in [5.74, 6) is -3.43. The summed E-state index contributed by atoms with van der Waals surface area (Å²) in [6.07, 6.45) is -1.84. The second-order valence-corrected chi connectivity index (χ2v) is 7.47. The summed E-state index contributed by atoms with van der Waals surface area (Å²) in [7, 11) is 0. The van der Waals surface area contributed by atoms with Crippen molar-refractivity contribution in [3.8, 4) is 5.75 Å². The molecule has 0 heterocycles. The number of allylic oxidation sites excluding steroid dienone is 1. The fourth-order valence-electron chi connectivity index (χ4n) is 3.49. The Morgan fingerprint density at radius 2 is 1.67 bits per heavy atom. The molecule has 0 N–H and O–H groups in total. The molecule has 0 amide bonds. The third-order valence-corrected chi connectivity index (χ3v) is 5.45. The van der Waals surface area contributed by atoms with Crippen LogP contribution in [0, 0.1) is 17.0 Å². The second kappa shape index (κ2) is 7.04. The molecule has 0 saturated heterocycles. The lowest BCUT2D eigenvalue weighted by molar-refractivity contribution is -0.139. The highest BCUT2D eigenvalue weighted by atomic mass is 19.4. The number of rotatable bonds is 6. The quantitative estimate of drug-likeness (QED) is 0.551. The number of alkyl halides is 3. The van der Waals surface area contributed by atoms with Crippen LogP contribution >= 0.6 is 0 Å². The highest BCUT2D eigenvalue weighted by Gasteiger charge is 2.48. The molecule has 0 aliphatic heterocycles. The zero-order chi connectivity index (χ0) is 19.9.